The molecule has 1 saturated carbocycles. The Morgan fingerprint density at radius 1 is 1.28 bits per heavy atom. The first kappa shape index (κ1) is 21.0. The molecule has 3 N–H and O–H groups in total. The number of rotatable bonds is 6. The van der Waals surface area contributed by atoms with Gasteiger partial charge in [0.2, 0.25) is 0 Å². The Labute approximate surface area is 175 Å². The fraction of sp³-hybridized carbons (Fsp3) is 0.273. The van der Waals surface area contributed by atoms with Crippen molar-refractivity contribution in [3.63, 3.8) is 0 Å². The van der Waals surface area contributed by atoms with E-state index in [1.165, 1.54) is 12.1 Å². The highest BCUT2D eigenvalue weighted by molar-refractivity contribution is 6.00. The minimum Gasteiger partial charge on any atom is -0.350 e. The Morgan fingerprint density at radius 2 is 2.00 bits per heavy atom. The lowest BCUT2D eigenvalue weighted by Gasteiger charge is -2.11. The Hall–Kier alpha value is -2.70. The highest BCUT2D eigenvalue weighted by Gasteiger charge is 2.29. The third-order valence-electron chi connectivity index (χ3n) is 5.07. The molecule has 4 rings (SSSR count). The molecule has 1 unspecified atom stereocenters. The molecule has 0 aliphatic heterocycles. The summed E-state index contributed by atoms with van der Waals surface area (Å²) >= 11 is 0. The second-order valence-electron chi connectivity index (χ2n) is 7.39. The molecule has 1 amide bonds. The van der Waals surface area contributed by atoms with Crippen molar-refractivity contribution in [1.82, 2.24) is 15.1 Å². The predicted molar refractivity (Wildman–Crippen MR) is 114 cm³/mol. The average Bonchev–Trinajstić information content (AvgIpc) is 3.45. The number of hydrogen-bond acceptors (Lipinski definition) is 3. The molecule has 5 nitrogen and oxygen atoms in total. The number of amides is 1. The first-order valence-corrected chi connectivity index (χ1v) is 9.47. The van der Waals surface area contributed by atoms with Gasteiger partial charge >= 0.3 is 0 Å². The maximum absolute atomic E-state index is 13.3. The van der Waals surface area contributed by atoms with E-state index >= 15 is 0 Å². The number of nitrogens with two attached hydrogens (primary N) is 1. The number of nitrogens with zero attached hydrogens (tertiary/aromatic N) is 2. The van der Waals surface area contributed by atoms with Gasteiger partial charge in [-0.3, -0.25) is 4.79 Å². The molecule has 1 aliphatic rings. The SMILES string of the molecule is Cc1cccc(-c2nn(-c3ccc(F)cc3)cc2C(=O)NCC(N)C2CC2)c1.Cl. The van der Waals surface area contributed by atoms with Crippen molar-refractivity contribution in [3.05, 3.63) is 71.7 Å². The van der Waals surface area contributed by atoms with Crippen molar-refractivity contribution in [2.75, 3.05) is 6.54 Å². The summed E-state index contributed by atoms with van der Waals surface area (Å²) in [6.45, 7) is 2.44. The number of aryl methyl sites for hydroxylation is 1. The fourth-order valence-electron chi connectivity index (χ4n) is 3.27. The molecule has 2 aromatic carbocycles. The lowest BCUT2D eigenvalue weighted by molar-refractivity contribution is 0.0951. The maximum atomic E-state index is 13.3. The van der Waals surface area contributed by atoms with Crippen LogP contribution in [-0.4, -0.2) is 28.3 Å². The first-order chi connectivity index (χ1) is 13.5. The topological polar surface area (TPSA) is 72.9 Å². The lowest BCUT2D eigenvalue weighted by atomic mass is 10.1. The van der Waals surface area contributed by atoms with Gasteiger partial charge in [-0.1, -0.05) is 23.8 Å². The van der Waals surface area contributed by atoms with Crippen LogP contribution in [0, 0.1) is 18.7 Å². The number of halogens is 2. The van der Waals surface area contributed by atoms with E-state index in [-0.39, 0.29) is 30.2 Å². The summed E-state index contributed by atoms with van der Waals surface area (Å²) in [6, 6.07) is 13.8. The van der Waals surface area contributed by atoms with Crippen molar-refractivity contribution >= 4 is 18.3 Å². The highest BCUT2D eigenvalue weighted by Crippen LogP contribution is 2.31. The van der Waals surface area contributed by atoms with Crippen molar-refractivity contribution in [3.8, 4) is 16.9 Å². The molecule has 7 heteroatoms. The number of carbonyl (C=O) groups is 1. The van der Waals surface area contributed by atoms with Crippen molar-refractivity contribution in [2.24, 2.45) is 11.7 Å². The van der Waals surface area contributed by atoms with Crippen molar-refractivity contribution in [1.29, 1.82) is 0 Å². The molecule has 0 radical (unpaired) electrons. The van der Waals surface area contributed by atoms with Crippen LogP contribution < -0.4 is 11.1 Å². The number of aromatic nitrogens is 2. The summed E-state index contributed by atoms with van der Waals surface area (Å²) in [7, 11) is 0. The number of benzene rings is 2. The van der Waals surface area contributed by atoms with Gasteiger partial charge in [-0.25, -0.2) is 9.07 Å². The summed E-state index contributed by atoms with van der Waals surface area (Å²) in [5, 5.41) is 7.56. The summed E-state index contributed by atoms with van der Waals surface area (Å²) in [5.41, 5.74) is 9.80. The molecule has 1 fully saturated rings. The molecular weight excluding hydrogens is 391 g/mol. The molecule has 29 heavy (non-hydrogen) atoms. The number of nitrogens with one attached hydrogen (secondary N) is 1. The minimum absolute atomic E-state index is 0. The molecule has 3 aromatic rings. The summed E-state index contributed by atoms with van der Waals surface area (Å²) in [6.07, 6.45) is 3.95. The standard InChI is InChI=1S/C22H23FN4O.ClH/c1-14-3-2-4-16(11-14)21-19(22(28)25-12-20(24)15-5-6-15)13-27(26-21)18-9-7-17(23)8-10-18;/h2-4,7-11,13,15,20H,5-6,12,24H2,1H3,(H,25,28);1H. The smallest absolute Gasteiger partial charge is 0.255 e. The second kappa shape index (κ2) is 8.76. The van der Waals surface area contributed by atoms with Crippen LogP contribution in [0.5, 0.6) is 0 Å². The van der Waals surface area contributed by atoms with Crippen LogP contribution in [0.3, 0.4) is 0 Å². The largest absolute Gasteiger partial charge is 0.350 e. The molecule has 1 heterocycles. The third kappa shape index (κ3) is 4.83. The van der Waals surface area contributed by atoms with Gasteiger partial charge in [-0.05, 0) is 56.0 Å². The van der Waals surface area contributed by atoms with E-state index < -0.39 is 0 Å². The third-order valence-corrected chi connectivity index (χ3v) is 5.07. The van der Waals surface area contributed by atoms with E-state index in [2.05, 4.69) is 10.4 Å². The Kier molecular flexibility index (Phi) is 6.35. The number of hydrogen-bond donors (Lipinski definition) is 2. The van der Waals surface area contributed by atoms with Gasteiger partial charge in [0, 0.05) is 24.3 Å². The maximum Gasteiger partial charge on any atom is 0.255 e. The Morgan fingerprint density at radius 3 is 2.66 bits per heavy atom. The lowest BCUT2D eigenvalue weighted by Crippen LogP contribution is -2.38. The van der Waals surface area contributed by atoms with Crippen LogP contribution in [0.15, 0.2) is 54.7 Å². The van der Waals surface area contributed by atoms with Gasteiger partial charge in [0.1, 0.15) is 11.5 Å². The van der Waals surface area contributed by atoms with Crippen molar-refractivity contribution < 1.29 is 9.18 Å². The van der Waals surface area contributed by atoms with Gasteiger partial charge in [0.05, 0.1) is 11.3 Å². The van der Waals surface area contributed by atoms with Crippen LogP contribution in [-0.2, 0) is 0 Å². The summed E-state index contributed by atoms with van der Waals surface area (Å²) < 4.78 is 14.9. The molecule has 0 spiro atoms. The Balaban J connectivity index is 0.00000240. The predicted octanol–water partition coefficient (Wildman–Crippen LogP) is 3.88. The zero-order chi connectivity index (χ0) is 19.7. The van der Waals surface area contributed by atoms with E-state index in [4.69, 9.17) is 5.73 Å². The fourth-order valence-corrected chi connectivity index (χ4v) is 3.27. The van der Waals surface area contributed by atoms with Gasteiger partial charge in [0.25, 0.3) is 5.91 Å². The van der Waals surface area contributed by atoms with E-state index in [0.29, 0.717) is 29.4 Å². The minimum atomic E-state index is -0.318. The van der Waals surface area contributed by atoms with Gasteiger partial charge in [-0.2, -0.15) is 5.10 Å². The second-order valence-corrected chi connectivity index (χ2v) is 7.39. The van der Waals surface area contributed by atoms with Crippen LogP contribution >= 0.6 is 12.4 Å². The summed E-state index contributed by atoms with van der Waals surface area (Å²) in [5.74, 6) is -0.0127. The average molecular weight is 415 g/mol. The number of carbonyl (C=O) groups excluding carboxylic acids is 1. The molecule has 152 valence electrons. The zero-order valence-electron chi connectivity index (χ0n) is 16.1. The van der Waals surface area contributed by atoms with Gasteiger partial charge in [0.15, 0.2) is 0 Å². The molecule has 1 atom stereocenters. The molecule has 1 aliphatic carbocycles. The van der Waals surface area contributed by atoms with E-state index in [1.54, 1.807) is 23.0 Å². The molecular formula is C22H24ClFN4O. The summed E-state index contributed by atoms with van der Waals surface area (Å²) in [4.78, 5) is 12.9. The van der Waals surface area contributed by atoms with Crippen LogP contribution in [0.2, 0.25) is 0 Å². The van der Waals surface area contributed by atoms with Crippen LogP contribution in [0.1, 0.15) is 28.8 Å². The highest BCUT2D eigenvalue weighted by atomic mass is 35.5. The molecule has 1 aromatic heterocycles. The normalized spacial score (nSPS) is 14.2. The van der Waals surface area contributed by atoms with Crippen LogP contribution in [0.25, 0.3) is 16.9 Å². The van der Waals surface area contributed by atoms with E-state index in [0.717, 1.165) is 24.0 Å². The Bertz CT molecular complexity index is 998. The van der Waals surface area contributed by atoms with Crippen molar-refractivity contribution in [2.45, 2.75) is 25.8 Å². The first-order valence-electron chi connectivity index (χ1n) is 9.47. The molecule has 0 saturated heterocycles. The van der Waals surface area contributed by atoms with Gasteiger partial charge < -0.3 is 11.1 Å². The van der Waals surface area contributed by atoms with Gasteiger partial charge in [-0.15, -0.1) is 12.4 Å². The van der Waals surface area contributed by atoms with E-state index in [9.17, 15) is 9.18 Å². The zero-order valence-corrected chi connectivity index (χ0v) is 17.0. The van der Waals surface area contributed by atoms with Crippen LogP contribution in [0.4, 0.5) is 4.39 Å². The molecule has 0 bridgehead atoms. The van der Waals surface area contributed by atoms with E-state index in [1.807, 2.05) is 31.2 Å². The quantitative estimate of drug-likeness (QED) is 0.643. The monoisotopic (exact) mass is 414 g/mol.